The second kappa shape index (κ2) is 11.5. The molecular weight excluding hydrogens is 226 g/mol. The van der Waals surface area contributed by atoms with Gasteiger partial charge in [0.1, 0.15) is 0 Å². The average molecular weight is 257 g/mol. The number of hydrogen-bond acceptors (Lipinski definition) is 3. The SMILES string of the molecule is CCCN(CC)CCNCC(=O)NC(CC)CC. The largest absolute Gasteiger partial charge is 0.352 e. The highest BCUT2D eigenvalue weighted by molar-refractivity contribution is 5.78. The first-order valence-electron chi connectivity index (χ1n) is 7.40. The van der Waals surface area contributed by atoms with Crippen LogP contribution >= 0.6 is 0 Å². The summed E-state index contributed by atoms with van der Waals surface area (Å²) in [7, 11) is 0. The highest BCUT2D eigenvalue weighted by Gasteiger charge is 2.07. The Bertz CT molecular complexity index is 205. The Kier molecular flexibility index (Phi) is 11.1. The molecule has 0 aliphatic heterocycles. The van der Waals surface area contributed by atoms with E-state index in [0.717, 1.165) is 39.0 Å². The number of rotatable bonds is 11. The molecule has 0 saturated heterocycles. The fourth-order valence-corrected chi connectivity index (χ4v) is 1.95. The highest BCUT2D eigenvalue weighted by atomic mass is 16.1. The Hall–Kier alpha value is -0.610. The number of nitrogens with zero attached hydrogens (tertiary/aromatic N) is 1. The van der Waals surface area contributed by atoms with Crippen molar-refractivity contribution in [3.05, 3.63) is 0 Å². The van der Waals surface area contributed by atoms with Crippen molar-refractivity contribution in [2.75, 3.05) is 32.7 Å². The van der Waals surface area contributed by atoms with Crippen LogP contribution in [-0.4, -0.2) is 49.6 Å². The van der Waals surface area contributed by atoms with E-state index in [1.54, 1.807) is 0 Å². The van der Waals surface area contributed by atoms with Crippen LogP contribution in [0.1, 0.15) is 47.0 Å². The normalized spacial score (nSPS) is 11.2. The van der Waals surface area contributed by atoms with Gasteiger partial charge >= 0.3 is 0 Å². The first kappa shape index (κ1) is 17.4. The van der Waals surface area contributed by atoms with Crippen molar-refractivity contribution >= 4 is 5.91 Å². The lowest BCUT2D eigenvalue weighted by atomic mass is 10.2. The molecule has 0 radical (unpaired) electrons. The molecule has 4 heteroatoms. The zero-order valence-corrected chi connectivity index (χ0v) is 12.6. The first-order valence-corrected chi connectivity index (χ1v) is 7.40. The lowest BCUT2D eigenvalue weighted by molar-refractivity contribution is -0.121. The number of amides is 1. The Balaban J connectivity index is 3.61. The van der Waals surface area contributed by atoms with Crippen LogP contribution in [0.15, 0.2) is 0 Å². The van der Waals surface area contributed by atoms with Gasteiger partial charge in [0.05, 0.1) is 6.54 Å². The minimum Gasteiger partial charge on any atom is -0.352 e. The molecule has 0 aliphatic carbocycles. The molecule has 0 aromatic carbocycles. The summed E-state index contributed by atoms with van der Waals surface area (Å²) in [6.07, 6.45) is 3.19. The molecule has 1 amide bonds. The van der Waals surface area contributed by atoms with Gasteiger partial charge in [0.25, 0.3) is 0 Å². The van der Waals surface area contributed by atoms with Crippen molar-refractivity contribution in [1.29, 1.82) is 0 Å². The maximum Gasteiger partial charge on any atom is 0.234 e. The number of nitrogens with one attached hydrogen (secondary N) is 2. The topological polar surface area (TPSA) is 44.4 Å². The predicted molar refractivity (Wildman–Crippen MR) is 77.8 cm³/mol. The van der Waals surface area contributed by atoms with E-state index >= 15 is 0 Å². The van der Waals surface area contributed by atoms with E-state index < -0.39 is 0 Å². The van der Waals surface area contributed by atoms with Crippen LogP contribution in [0.3, 0.4) is 0 Å². The molecule has 0 aliphatic rings. The number of likely N-dealkylation sites (N-methyl/N-ethyl adjacent to an activating group) is 1. The van der Waals surface area contributed by atoms with Gasteiger partial charge < -0.3 is 15.5 Å². The van der Waals surface area contributed by atoms with Crippen molar-refractivity contribution in [2.45, 2.75) is 53.0 Å². The van der Waals surface area contributed by atoms with Crippen LogP contribution in [0.25, 0.3) is 0 Å². The van der Waals surface area contributed by atoms with Gasteiger partial charge in [0.15, 0.2) is 0 Å². The summed E-state index contributed by atoms with van der Waals surface area (Å²) in [6, 6.07) is 0.325. The Morgan fingerprint density at radius 2 is 1.78 bits per heavy atom. The average Bonchev–Trinajstić information content (AvgIpc) is 2.39. The summed E-state index contributed by atoms with van der Waals surface area (Å²) < 4.78 is 0. The molecule has 0 unspecified atom stereocenters. The molecule has 0 bridgehead atoms. The van der Waals surface area contributed by atoms with E-state index in [1.807, 2.05) is 0 Å². The van der Waals surface area contributed by atoms with Gasteiger partial charge in [-0.15, -0.1) is 0 Å². The summed E-state index contributed by atoms with van der Waals surface area (Å²) in [4.78, 5) is 14.0. The van der Waals surface area contributed by atoms with E-state index in [9.17, 15) is 4.79 Å². The molecule has 0 heterocycles. The van der Waals surface area contributed by atoms with Crippen LogP contribution in [0.2, 0.25) is 0 Å². The molecule has 0 fully saturated rings. The minimum atomic E-state index is 0.113. The fraction of sp³-hybridized carbons (Fsp3) is 0.929. The Morgan fingerprint density at radius 1 is 1.11 bits per heavy atom. The van der Waals surface area contributed by atoms with E-state index in [0.29, 0.717) is 12.6 Å². The molecule has 0 aromatic heterocycles. The molecule has 108 valence electrons. The molecule has 0 saturated carbocycles. The number of carbonyl (C=O) groups excluding carboxylic acids is 1. The standard InChI is InChI=1S/C14H31N3O/c1-5-10-17(8-4)11-9-15-12-14(18)16-13(6-2)7-3/h13,15H,5-12H2,1-4H3,(H,16,18). The van der Waals surface area contributed by atoms with E-state index in [-0.39, 0.29) is 5.91 Å². The third kappa shape index (κ3) is 8.48. The monoisotopic (exact) mass is 257 g/mol. The highest BCUT2D eigenvalue weighted by Crippen LogP contribution is 1.95. The molecule has 18 heavy (non-hydrogen) atoms. The number of hydrogen-bond donors (Lipinski definition) is 2. The van der Waals surface area contributed by atoms with Crippen LogP contribution in [0, 0.1) is 0 Å². The summed E-state index contributed by atoms with van der Waals surface area (Å²) in [6.45, 7) is 13.1. The lowest BCUT2D eigenvalue weighted by Crippen LogP contribution is -2.41. The molecule has 0 aromatic rings. The molecule has 2 N–H and O–H groups in total. The third-order valence-corrected chi connectivity index (χ3v) is 3.23. The maximum atomic E-state index is 11.6. The quantitative estimate of drug-likeness (QED) is 0.553. The van der Waals surface area contributed by atoms with Gasteiger partial charge in [-0.3, -0.25) is 4.79 Å². The van der Waals surface area contributed by atoms with Gasteiger partial charge in [-0.25, -0.2) is 0 Å². The van der Waals surface area contributed by atoms with E-state index in [1.165, 1.54) is 6.42 Å². The molecule has 0 rings (SSSR count). The summed E-state index contributed by atoms with van der Waals surface area (Å²) in [5.74, 6) is 0.113. The zero-order valence-electron chi connectivity index (χ0n) is 12.6. The Morgan fingerprint density at radius 3 is 2.28 bits per heavy atom. The van der Waals surface area contributed by atoms with Gasteiger partial charge in [-0.05, 0) is 32.4 Å². The van der Waals surface area contributed by atoms with Crippen molar-refractivity contribution in [2.24, 2.45) is 0 Å². The lowest BCUT2D eigenvalue weighted by Gasteiger charge is -2.20. The summed E-state index contributed by atoms with van der Waals surface area (Å²) in [5, 5.41) is 6.24. The van der Waals surface area contributed by atoms with Gasteiger partial charge in [0.2, 0.25) is 5.91 Å². The van der Waals surface area contributed by atoms with Crippen LogP contribution < -0.4 is 10.6 Å². The predicted octanol–water partition coefficient (Wildman–Crippen LogP) is 1.61. The third-order valence-electron chi connectivity index (χ3n) is 3.23. The molecule has 0 atom stereocenters. The van der Waals surface area contributed by atoms with Crippen LogP contribution in [0.4, 0.5) is 0 Å². The van der Waals surface area contributed by atoms with E-state index in [2.05, 4.69) is 43.2 Å². The van der Waals surface area contributed by atoms with Gasteiger partial charge in [-0.1, -0.05) is 27.7 Å². The molecule has 0 spiro atoms. The van der Waals surface area contributed by atoms with Crippen molar-refractivity contribution in [1.82, 2.24) is 15.5 Å². The number of carbonyl (C=O) groups is 1. The molecule has 4 nitrogen and oxygen atoms in total. The fourth-order valence-electron chi connectivity index (χ4n) is 1.95. The Labute approximate surface area is 113 Å². The summed E-state index contributed by atoms with van der Waals surface area (Å²) in [5.41, 5.74) is 0. The molecular formula is C14H31N3O. The first-order chi connectivity index (χ1) is 8.67. The minimum absolute atomic E-state index is 0.113. The summed E-state index contributed by atoms with van der Waals surface area (Å²) >= 11 is 0. The second-order valence-electron chi connectivity index (χ2n) is 4.69. The van der Waals surface area contributed by atoms with Gasteiger partial charge in [-0.2, -0.15) is 0 Å². The maximum absolute atomic E-state index is 11.6. The van der Waals surface area contributed by atoms with Crippen molar-refractivity contribution < 1.29 is 4.79 Å². The smallest absolute Gasteiger partial charge is 0.234 e. The van der Waals surface area contributed by atoms with Crippen molar-refractivity contribution in [3.63, 3.8) is 0 Å². The van der Waals surface area contributed by atoms with Crippen LogP contribution in [0.5, 0.6) is 0 Å². The van der Waals surface area contributed by atoms with Gasteiger partial charge in [0, 0.05) is 19.1 Å². The van der Waals surface area contributed by atoms with Crippen molar-refractivity contribution in [3.8, 4) is 0 Å². The second-order valence-corrected chi connectivity index (χ2v) is 4.69. The van der Waals surface area contributed by atoms with E-state index in [4.69, 9.17) is 0 Å². The van der Waals surface area contributed by atoms with Crippen LogP contribution in [-0.2, 0) is 4.79 Å². The zero-order chi connectivity index (χ0) is 13.8.